The number of rotatable bonds is 5. The summed E-state index contributed by atoms with van der Waals surface area (Å²) in [5.41, 5.74) is 2.53. The van der Waals surface area contributed by atoms with E-state index in [1.165, 1.54) is 11.8 Å². The van der Waals surface area contributed by atoms with Crippen LogP contribution in [-0.4, -0.2) is 49.5 Å². The van der Waals surface area contributed by atoms with Crippen molar-refractivity contribution in [3.63, 3.8) is 0 Å². The molecule has 1 aliphatic heterocycles. The van der Waals surface area contributed by atoms with Crippen LogP contribution >= 0.6 is 0 Å². The first kappa shape index (κ1) is 15.0. The van der Waals surface area contributed by atoms with Crippen molar-refractivity contribution in [1.29, 1.82) is 0 Å². The lowest BCUT2D eigenvalue weighted by Gasteiger charge is -2.28. The second kappa shape index (κ2) is 5.93. The number of nitrogens with zero attached hydrogens (tertiary/aromatic N) is 1. The van der Waals surface area contributed by atoms with E-state index >= 15 is 0 Å². The van der Waals surface area contributed by atoms with Crippen LogP contribution in [0.5, 0.6) is 0 Å². The maximum absolute atomic E-state index is 11.1. The van der Waals surface area contributed by atoms with E-state index < -0.39 is 15.8 Å². The molecule has 110 valence electrons. The number of hydrogen-bond donors (Lipinski definition) is 1. The first-order valence-corrected chi connectivity index (χ1v) is 8.66. The van der Waals surface area contributed by atoms with Gasteiger partial charge >= 0.3 is 5.97 Å². The minimum atomic E-state index is -2.91. The van der Waals surface area contributed by atoms with Gasteiger partial charge in [-0.05, 0) is 42.6 Å². The highest BCUT2D eigenvalue weighted by molar-refractivity contribution is 7.90. The zero-order valence-electron chi connectivity index (χ0n) is 11.5. The molecule has 1 aromatic rings. The highest BCUT2D eigenvalue weighted by Gasteiger charge is 2.17. The highest BCUT2D eigenvalue weighted by atomic mass is 32.2. The van der Waals surface area contributed by atoms with Gasteiger partial charge in [0.15, 0.2) is 0 Å². The molecule has 1 aromatic carbocycles. The van der Waals surface area contributed by atoms with Crippen molar-refractivity contribution in [2.24, 2.45) is 0 Å². The summed E-state index contributed by atoms with van der Waals surface area (Å²) in [5.74, 6) is -0.715. The monoisotopic (exact) mass is 297 g/mol. The van der Waals surface area contributed by atoms with Gasteiger partial charge in [0.2, 0.25) is 0 Å². The van der Waals surface area contributed by atoms with Gasteiger partial charge in [0, 0.05) is 19.3 Å². The fourth-order valence-electron chi connectivity index (χ4n) is 2.49. The first-order chi connectivity index (χ1) is 9.35. The number of fused-ring (bicyclic) bond motifs is 1. The van der Waals surface area contributed by atoms with Crippen LogP contribution in [0.3, 0.4) is 0 Å². The van der Waals surface area contributed by atoms with Crippen molar-refractivity contribution >= 4 is 15.8 Å². The van der Waals surface area contributed by atoms with Crippen LogP contribution in [-0.2, 0) is 22.8 Å². The van der Waals surface area contributed by atoms with Crippen molar-refractivity contribution < 1.29 is 18.3 Å². The third-order valence-corrected chi connectivity index (χ3v) is 4.56. The third kappa shape index (κ3) is 4.05. The molecule has 0 fully saturated rings. The molecule has 0 aliphatic carbocycles. The average Bonchev–Trinajstić information content (AvgIpc) is 2.36. The van der Waals surface area contributed by atoms with Crippen LogP contribution in [0.15, 0.2) is 18.2 Å². The Kier molecular flexibility index (Phi) is 4.45. The van der Waals surface area contributed by atoms with Gasteiger partial charge in [0.1, 0.15) is 9.84 Å². The summed E-state index contributed by atoms with van der Waals surface area (Å²) in [5, 5.41) is 9.00. The lowest BCUT2D eigenvalue weighted by molar-refractivity contribution is 0.0696. The maximum Gasteiger partial charge on any atom is 0.335 e. The van der Waals surface area contributed by atoms with Crippen LogP contribution in [0.2, 0.25) is 0 Å². The van der Waals surface area contributed by atoms with Crippen LogP contribution in [0.4, 0.5) is 0 Å². The van der Waals surface area contributed by atoms with E-state index in [0.29, 0.717) is 18.5 Å². The number of sulfone groups is 1. The van der Waals surface area contributed by atoms with Crippen LogP contribution in [0.1, 0.15) is 27.9 Å². The molecule has 0 unspecified atom stereocenters. The molecule has 20 heavy (non-hydrogen) atoms. The van der Waals surface area contributed by atoms with Gasteiger partial charge in [-0.1, -0.05) is 6.07 Å². The predicted octanol–water partition coefficient (Wildman–Crippen LogP) is 1.18. The molecule has 1 heterocycles. The highest BCUT2D eigenvalue weighted by Crippen LogP contribution is 2.20. The number of carboxylic acid groups (broad SMARTS) is 1. The molecule has 0 amide bonds. The van der Waals surface area contributed by atoms with E-state index in [9.17, 15) is 13.2 Å². The molecule has 0 saturated carbocycles. The predicted molar refractivity (Wildman–Crippen MR) is 76.7 cm³/mol. The molecular formula is C14H19NO4S. The van der Waals surface area contributed by atoms with Crippen LogP contribution in [0.25, 0.3) is 0 Å². The van der Waals surface area contributed by atoms with Gasteiger partial charge in [-0.2, -0.15) is 0 Å². The zero-order chi connectivity index (χ0) is 14.8. The van der Waals surface area contributed by atoms with Crippen molar-refractivity contribution in [1.82, 2.24) is 4.90 Å². The topological polar surface area (TPSA) is 74.7 Å². The smallest absolute Gasteiger partial charge is 0.335 e. The Bertz CT molecular complexity index is 610. The summed E-state index contributed by atoms with van der Waals surface area (Å²) in [6.45, 7) is 2.31. The minimum Gasteiger partial charge on any atom is -0.478 e. The van der Waals surface area contributed by atoms with Crippen molar-refractivity contribution in [3.05, 3.63) is 34.9 Å². The van der Waals surface area contributed by atoms with E-state index in [4.69, 9.17) is 5.11 Å². The van der Waals surface area contributed by atoms with Crippen LogP contribution < -0.4 is 0 Å². The first-order valence-electron chi connectivity index (χ1n) is 6.60. The standard InChI is InChI=1S/C14H19NO4S/c1-20(18,19)8-2-6-15-7-5-11-3-4-12(14(16)17)9-13(11)10-15/h3-4,9H,2,5-8,10H2,1H3,(H,16,17). The van der Waals surface area contributed by atoms with Gasteiger partial charge in [-0.15, -0.1) is 0 Å². The average molecular weight is 297 g/mol. The Morgan fingerprint density at radius 1 is 1.35 bits per heavy atom. The molecule has 0 saturated heterocycles. The number of aromatic carboxylic acids is 1. The van der Waals surface area contributed by atoms with Gasteiger partial charge in [0.25, 0.3) is 0 Å². The molecule has 6 heteroatoms. The molecular weight excluding hydrogens is 278 g/mol. The van der Waals surface area contributed by atoms with Crippen molar-refractivity contribution in [2.75, 3.05) is 25.1 Å². The lowest BCUT2D eigenvalue weighted by Crippen LogP contribution is -2.32. The van der Waals surface area contributed by atoms with E-state index in [2.05, 4.69) is 4.90 Å². The van der Waals surface area contributed by atoms with E-state index in [1.807, 2.05) is 6.07 Å². The Hall–Kier alpha value is -1.40. The molecule has 0 aromatic heterocycles. The fraction of sp³-hybridized carbons (Fsp3) is 0.500. The van der Waals surface area contributed by atoms with E-state index in [-0.39, 0.29) is 5.75 Å². The number of carbonyl (C=O) groups is 1. The summed E-state index contributed by atoms with van der Waals surface area (Å²) in [6, 6.07) is 5.24. The molecule has 1 N–H and O–H groups in total. The molecule has 0 spiro atoms. The molecule has 2 rings (SSSR count). The molecule has 0 atom stereocenters. The maximum atomic E-state index is 11.1. The van der Waals surface area contributed by atoms with Gasteiger partial charge < -0.3 is 5.11 Å². The molecule has 1 aliphatic rings. The van der Waals surface area contributed by atoms with Crippen LogP contribution in [0, 0.1) is 0 Å². The van der Waals surface area contributed by atoms with E-state index in [0.717, 1.165) is 25.1 Å². The third-order valence-electron chi connectivity index (χ3n) is 3.53. The second-order valence-corrected chi connectivity index (χ2v) is 7.56. The molecule has 0 bridgehead atoms. The fourth-order valence-corrected chi connectivity index (χ4v) is 3.14. The number of carboxylic acids is 1. The second-order valence-electron chi connectivity index (χ2n) is 5.30. The lowest BCUT2D eigenvalue weighted by atomic mass is 9.97. The van der Waals surface area contributed by atoms with Crippen molar-refractivity contribution in [3.8, 4) is 0 Å². The Labute approximate surface area is 119 Å². The van der Waals surface area contributed by atoms with Gasteiger partial charge in [0.05, 0.1) is 11.3 Å². The Balaban J connectivity index is 1.99. The molecule has 0 radical (unpaired) electrons. The quantitative estimate of drug-likeness (QED) is 0.883. The van der Waals surface area contributed by atoms with Crippen molar-refractivity contribution in [2.45, 2.75) is 19.4 Å². The molecule has 5 nitrogen and oxygen atoms in total. The number of hydrogen-bond acceptors (Lipinski definition) is 4. The largest absolute Gasteiger partial charge is 0.478 e. The summed E-state index contributed by atoms with van der Waals surface area (Å²) in [4.78, 5) is 13.2. The minimum absolute atomic E-state index is 0.200. The summed E-state index contributed by atoms with van der Waals surface area (Å²) in [7, 11) is -2.91. The summed E-state index contributed by atoms with van der Waals surface area (Å²) in [6.07, 6.45) is 2.75. The van der Waals surface area contributed by atoms with E-state index in [1.54, 1.807) is 12.1 Å². The van der Waals surface area contributed by atoms with Gasteiger partial charge in [-0.3, -0.25) is 4.90 Å². The normalized spacial score (nSPS) is 15.8. The SMILES string of the molecule is CS(=O)(=O)CCCN1CCc2ccc(C(=O)O)cc2C1. The summed E-state index contributed by atoms with van der Waals surface area (Å²) >= 11 is 0. The van der Waals surface area contributed by atoms with Gasteiger partial charge in [-0.25, -0.2) is 13.2 Å². The Morgan fingerprint density at radius 2 is 2.10 bits per heavy atom. The zero-order valence-corrected chi connectivity index (χ0v) is 12.3. The Morgan fingerprint density at radius 3 is 2.75 bits per heavy atom. The summed E-state index contributed by atoms with van der Waals surface area (Å²) < 4.78 is 22.2. The number of benzene rings is 1.